The van der Waals surface area contributed by atoms with E-state index in [0.29, 0.717) is 6.19 Å². The molecular formula is C6H10BN2O2. The Morgan fingerprint density at radius 1 is 1.55 bits per heavy atom. The highest BCUT2D eigenvalue weighted by Crippen LogP contribution is 2.00. The molecule has 11 heavy (non-hydrogen) atoms. The van der Waals surface area contributed by atoms with Crippen LogP contribution in [0.15, 0.2) is 5.10 Å². The summed E-state index contributed by atoms with van der Waals surface area (Å²) in [4.78, 5) is 9.83. The molecule has 0 bridgehead atoms. The maximum absolute atomic E-state index is 9.83. The van der Waals surface area contributed by atoms with Gasteiger partial charge in [0.15, 0.2) is 0 Å². The van der Waals surface area contributed by atoms with E-state index in [2.05, 4.69) is 10.4 Å². The highest BCUT2D eigenvalue weighted by atomic mass is 16.5. The van der Waals surface area contributed by atoms with Crippen LogP contribution in [0.25, 0.3) is 0 Å². The van der Waals surface area contributed by atoms with Crippen LogP contribution in [0.2, 0.25) is 0 Å². The third kappa shape index (κ3) is 3.18. The van der Waals surface area contributed by atoms with Gasteiger partial charge in [-0.05, 0) is 0 Å². The van der Waals surface area contributed by atoms with Gasteiger partial charge in [0.05, 0.1) is 13.2 Å². The lowest BCUT2D eigenvalue weighted by atomic mass is 10.0. The summed E-state index contributed by atoms with van der Waals surface area (Å²) in [7, 11) is 1.27. The van der Waals surface area contributed by atoms with Crippen LogP contribution in [-0.2, 0) is 9.53 Å². The van der Waals surface area contributed by atoms with E-state index >= 15 is 0 Å². The molecular weight excluding hydrogens is 143 g/mol. The Morgan fingerprint density at radius 2 is 2.27 bits per heavy atom. The van der Waals surface area contributed by atoms with Gasteiger partial charge in [0.25, 0.3) is 0 Å². The molecule has 0 spiro atoms. The summed E-state index contributed by atoms with van der Waals surface area (Å²) in [5.41, 5.74) is 1.06. The van der Waals surface area contributed by atoms with Crippen LogP contribution in [0.3, 0.4) is 0 Å². The summed E-state index contributed by atoms with van der Waals surface area (Å²) in [5.74, 6) is 0. The van der Waals surface area contributed by atoms with Crippen molar-refractivity contribution >= 4 is 19.3 Å². The van der Waals surface area contributed by atoms with Crippen LogP contribution in [0.1, 0.15) is 12.8 Å². The molecule has 1 aliphatic rings. The van der Waals surface area contributed by atoms with Crippen LogP contribution < -0.4 is 5.34 Å². The molecule has 0 saturated carbocycles. The first-order valence-electron chi connectivity index (χ1n) is 3.59. The fourth-order valence-corrected chi connectivity index (χ4v) is 0.878. The quantitative estimate of drug-likeness (QED) is 0.258. The zero-order valence-electron chi connectivity index (χ0n) is 6.25. The van der Waals surface area contributed by atoms with E-state index in [1.807, 2.05) is 0 Å². The third-order valence-corrected chi connectivity index (χ3v) is 1.44. The summed E-state index contributed by atoms with van der Waals surface area (Å²) in [6, 6.07) is 0. The van der Waals surface area contributed by atoms with Crippen LogP contribution >= 0.6 is 0 Å². The van der Waals surface area contributed by atoms with Crippen LogP contribution in [0.5, 0.6) is 0 Å². The molecule has 0 amide bonds. The smallest absolute Gasteiger partial charge is 0.346 e. The molecule has 0 aromatic rings. The van der Waals surface area contributed by atoms with Gasteiger partial charge < -0.3 is 14.9 Å². The Balaban J connectivity index is 2.20. The van der Waals surface area contributed by atoms with Gasteiger partial charge in [-0.15, -0.1) is 0 Å². The minimum Gasteiger partial charge on any atom is -0.381 e. The number of rotatable bonds is 3. The van der Waals surface area contributed by atoms with Gasteiger partial charge in [-0.2, -0.15) is 0 Å². The molecule has 59 valence electrons. The van der Waals surface area contributed by atoms with Crippen LogP contribution in [0, 0.1) is 0 Å². The lowest BCUT2D eigenvalue weighted by molar-refractivity contribution is 0.134. The molecule has 0 aromatic heterocycles. The molecule has 1 heterocycles. The van der Waals surface area contributed by atoms with Gasteiger partial charge in [0.2, 0.25) is 0 Å². The standard InChI is InChI=1S/C6H10BN2O2/c10-5-7-9-8-6-1-3-11-4-2-6/h5,9H,1-4H2. The zero-order valence-corrected chi connectivity index (χ0v) is 6.25. The van der Waals surface area contributed by atoms with Crippen LogP contribution in [0.4, 0.5) is 0 Å². The topological polar surface area (TPSA) is 50.7 Å². The number of ether oxygens (including phenoxy) is 1. The molecule has 0 aromatic carbocycles. The monoisotopic (exact) mass is 153 g/mol. The molecule has 1 radical (unpaired) electrons. The van der Waals surface area contributed by atoms with Gasteiger partial charge in [0, 0.05) is 18.6 Å². The molecule has 4 nitrogen and oxygen atoms in total. The average molecular weight is 153 g/mol. The Kier molecular flexibility index (Phi) is 3.68. The molecule has 5 heteroatoms. The van der Waals surface area contributed by atoms with Gasteiger partial charge in [-0.1, -0.05) is 0 Å². The number of nitrogens with one attached hydrogen (secondary N) is 1. The number of nitrogens with zero attached hydrogens (tertiary/aromatic N) is 1. The summed E-state index contributed by atoms with van der Waals surface area (Å²) < 4.78 is 5.12. The van der Waals surface area contributed by atoms with Crippen molar-refractivity contribution in [2.45, 2.75) is 12.8 Å². The molecule has 1 aliphatic heterocycles. The van der Waals surface area contributed by atoms with E-state index in [1.54, 1.807) is 0 Å². The fraction of sp³-hybridized carbons (Fsp3) is 0.667. The average Bonchev–Trinajstić information content (AvgIpc) is 2.07. The lowest BCUT2D eigenvalue weighted by Gasteiger charge is -2.12. The summed E-state index contributed by atoms with van der Waals surface area (Å²) >= 11 is 0. The van der Waals surface area contributed by atoms with Crippen molar-refractivity contribution in [3.05, 3.63) is 0 Å². The highest BCUT2D eigenvalue weighted by molar-refractivity contribution is 6.64. The van der Waals surface area contributed by atoms with Gasteiger partial charge in [-0.3, -0.25) is 0 Å². The van der Waals surface area contributed by atoms with Gasteiger partial charge >= 0.3 is 7.41 Å². The summed E-state index contributed by atoms with van der Waals surface area (Å²) in [5, 5.41) is 6.52. The highest BCUT2D eigenvalue weighted by Gasteiger charge is 2.05. The van der Waals surface area contributed by atoms with E-state index in [9.17, 15) is 4.79 Å². The normalized spacial score (nSPS) is 17.3. The second-order valence-corrected chi connectivity index (χ2v) is 2.22. The first-order valence-corrected chi connectivity index (χ1v) is 3.59. The first kappa shape index (κ1) is 8.26. The number of hydrogen-bond acceptors (Lipinski definition) is 4. The second-order valence-electron chi connectivity index (χ2n) is 2.22. The molecule has 1 saturated heterocycles. The summed E-state index contributed by atoms with van der Waals surface area (Å²) in [6.45, 7) is 1.48. The van der Waals surface area contributed by atoms with Crippen molar-refractivity contribution in [1.29, 1.82) is 0 Å². The predicted octanol–water partition coefficient (Wildman–Crippen LogP) is -0.448. The van der Waals surface area contributed by atoms with E-state index in [-0.39, 0.29) is 0 Å². The first-order chi connectivity index (χ1) is 5.43. The molecule has 0 atom stereocenters. The number of hydrazone groups is 1. The molecule has 0 unspecified atom stereocenters. The van der Waals surface area contributed by atoms with Crippen molar-refractivity contribution in [2.75, 3.05) is 13.2 Å². The third-order valence-electron chi connectivity index (χ3n) is 1.44. The molecule has 1 rings (SSSR count). The van der Waals surface area contributed by atoms with Crippen molar-refractivity contribution in [3.63, 3.8) is 0 Å². The van der Waals surface area contributed by atoms with E-state index in [0.717, 1.165) is 31.8 Å². The SMILES string of the molecule is O=C[B]NN=C1CCOCC1. The van der Waals surface area contributed by atoms with Crippen LogP contribution in [-0.4, -0.2) is 32.5 Å². The Hall–Kier alpha value is -0.835. The minimum absolute atomic E-state index is 0.670. The van der Waals surface area contributed by atoms with Crippen molar-refractivity contribution in [1.82, 2.24) is 5.34 Å². The maximum atomic E-state index is 9.83. The van der Waals surface area contributed by atoms with Gasteiger partial charge in [-0.25, -0.2) is 5.10 Å². The maximum Gasteiger partial charge on any atom is 0.346 e. The van der Waals surface area contributed by atoms with Crippen molar-refractivity contribution < 1.29 is 9.53 Å². The Labute approximate surface area is 66.3 Å². The van der Waals surface area contributed by atoms with Crippen molar-refractivity contribution in [3.8, 4) is 0 Å². The second kappa shape index (κ2) is 4.90. The molecule has 1 fully saturated rings. The van der Waals surface area contributed by atoms with E-state index in [1.165, 1.54) is 7.41 Å². The largest absolute Gasteiger partial charge is 0.381 e. The number of hydrogen-bond donors (Lipinski definition) is 1. The fourth-order valence-electron chi connectivity index (χ4n) is 0.878. The Morgan fingerprint density at radius 3 is 2.91 bits per heavy atom. The van der Waals surface area contributed by atoms with E-state index in [4.69, 9.17) is 4.74 Å². The molecule has 0 aliphatic carbocycles. The van der Waals surface area contributed by atoms with Gasteiger partial charge in [0.1, 0.15) is 6.19 Å². The van der Waals surface area contributed by atoms with E-state index < -0.39 is 0 Å². The lowest BCUT2D eigenvalue weighted by Crippen LogP contribution is -2.21. The molecule has 1 N–H and O–H groups in total. The number of carbonyl (C=O) groups excluding carboxylic acids is 1. The van der Waals surface area contributed by atoms with Crippen molar-refractivity contribution in [2.24, 2.45) is 5.10 Å². The predicted molar refractivity (Wildman–Crippen MR) is 43.1 cm³/mol. The Bertz CT molecular complexity index is 153. The summed E-state index contributed by atoms with van der Waals surface area (Å²) in [6.07, 6.45) is 2.39. The zero-order chi connectivity index (χ0) is 7.94. The number of carbonyl (C=O) groups is 1. The minimum atomic E-state index is 0.670.